The largest absolute Gasteiger partial charge is 0.455 e. The van der Waals surface area contributed by atoms with E-state index in [0.29, 0.717) is 0 Å². The van der Waals surface area contributed by atoms with E-state index in [-0.39, 0.29) is 5.41 Å². The van der Waals surface area contributed by atoms with Gasteiger partial charge in [0.15, 0.2) is 5.82 Å². The minimum atomic E-state index is -0.181. The molecule has 8 aromatic rings. The van der Waals surface area contributed by atoms with E-state index in [4.69, 9.17) is 14.4 Å². The Morgan fingerprint density at radius 2 is 1.09 bits per heavy atom. The zero-order valence-electron chi connectivity index (χ0n) is 25.7. The molecule has 46 heavy (non-hydrogen) atoms. The van der Waals surface area contributed by atoms with Gasteiger partial charge in [0.2, 0.25) is 0 Å². The molecule has 0 fully saturated rings. The highest BCUT2D eigenvalue weighted by Crippen LogP contribution is 2.51. The lowest BCUT2D eigenvalue weighted by atomic mass is 9.80. The highest BCUT2D eigenvalue weighted by atomic mass is 16.3. The lowest BCUT2D eigenvalue weighted by Crippen LogP contribution is -2.16. The summed E-state index contributed by atoms with van der Waals surface area (Å²) in [6.45, 7) is 4.62. The molecular weight excluding hydrogens is 560 g/mol. The Balaban J connectivity index is 1.24. The lowest BCUT2D eigenvalue weighted by molar-refractivity contribution is 0.661. The first-order valence-corrected chi connectivity index (χ1v) is 15.8. The Morgan fingerprint density at radius 3 is 1.98 bits per heavy atom. The third-order valence-corrected chi connectivity index (χ3v) is 9.49. The molecule has 2 heterocycles. The van der Waals surface area contributed by atoms with E-state index in [1.54, 1.807) is 0 Å². The molecule has 2 aromatic heterocycles. The molecule has 3 heteroatoms. The van der Waals surface area contributed by atoms with Crippen molar-refractivity contribution in [2.45, 2.75) is 19.3 Å². The van der Waals surface area contributed by atoms with Crippen molar-refractivity contribution in [1.82, 2.24) is 9.97 Å². The van der Waals surface area contributed by atoms with E-state index in [1.165, 1.54) is 22.3 Å². The van der Waals surface area contributed by atoms with Gasteiger partial charge in [-0.1, -0.05) is 141 Å². The first-order chi connectivity index (χ1) is 22.6. The fraction of sp³-hybridized carbons (Fsp3) is 0.0698. The summed E-state index contributed by atoms with van der Waals surface area (Å²) in [4.78, 5) is 10.5. The summed E-state index contributed by atoms with van der Waals surface area (Å²) < 4.78 is 6.40. The summed E-state index contributed by atoms with van der Waals surface area (Å²) in [5.41, 5.74) is 13.9. The first-order valence-electron chi connectivity index (χ1n) is 15.8. The average molecular weight is 591 g/mol. The second kappa shape index (κ2) is 10.1. The van der Waals surface area contributed by atoms with Gasteiger partial charge in [-0.25, -0.2) is 9.97 Å². The van der Waals surface area contributed by atoms with Crippen LogP contribution in [0.25, 0.3) is 78.1 Å². The normalized spacial score (nSPS) is 13.2. The molecule has 0 bridgehead atoms. The second-order valence-electron chi connectivity index (χ2n) is 12.6. The van der Waals surface area contributed by atoms with Crippen LogP contribution in [0, 0.1) is 0 Å². The molecule has 3 nitrogen and oxygen atoms in total. The van der Waals surface area contributed by atoms with Crippen LogP contribution < -0.4 is 0 Å². The molecule has 0 unspecified atom stereocenters. The van der Waals surface area contributed by atoms with Crippen LogP contribution in [0.15, 0.2) is 150 Å². The fourth-order valence-electron chi connectivity index (χ4n) is 7.33. The molecule has 6 aromatic carbocycles. The minimum absolute atomic E-state index is 0.181. The molecular formula is C43H30N2O. The molecule has 1 aliphatic carbocycles. The zero-order chi connectivity index (χ0) is 30.8. The van der Waals surface area contributed by atoms with Crippen LogP contribution in [0.1, 0.15) is 25.0 Å². The monoisotopic (exact) mass is 590 g/mol. The van der Waals surface area contributed by atoms with Crippen LogP contribution in [-0.2, 0) is 5.41 Å². The van der Waals surface area contributed by atoms with Gasteiger partial charge < -0.3 is 4.42 Å². The van der Waals surface area contributed by atoms with E-state index in [2.05, 4.69) is 141 Å². The summed E-state index contributed by atoms with van der Waals surface area (Å²) in [6, 6.07) is 51.0. The maximum absolute atomic E-state index is 6.40. The Morgan fingerprint density at radius 1 is 0.478 bits per heavy atom. The summed E-state index contributed by atoms with van der Waals surface area (Å²) in [6.07, 6.45) is 0. The van der Waals surface area contributed by atoms with Crippen molar-refractivity contribution in [1.29, 1.82) is 0 Å². The molecule has 0 saturated carbocycles. The number of nitrogens with zero attached hydrogens (tertiary/aromatic N) is 2. The molecule has 0 radical (unpaired) electrons. The fourth-order valence-corrected chi connectivity index (χ4v) is 7.33. The zero-order valence-corrected chi connectivity index (χ0v) is 25.7. The van der Waals surface area contributed by atoms with Gasteiger partial charge in [0, 0.05) is 38.4 Å². The van der Waals surface area contributed by atoms with Crippen molar-refractivity contribution in [3.8, 4) is 56.2 Å². The van der Waals surface area contributed by atoms with Crippen molar-refractivity contribution in [2.24, 2.45) is 0 Å². The summed E-state index contributed by atoms with van der Waals surface area (Å²) in [7, 11) is 0. The van der Waals surface area contributed by atoms with Crippen molar-refractivity contribution in [2.75, 3.05) is 0 Å². The number of hydrogen-bond donors (Lipinski definition) is 0. The first kappa shape index (κ1) is 26.6. The molecule has 0 aliphatic heterocycles. The Kier molecular flexibility index (Phi) is 5.85. The van der Waals surface area contributed by atoms with Crippen LogP contribution in [0.4, 0.5) is 0 Å². The maximum atomic E-state index is 6.40. The van der Waals surface area contributed by atoms with E-state index in [9.17, 15) is 0 Å². The second-order valence-corrected chi connectivity index (χ2v) is 12.6. The molecule has 0 atom stereocenters. The predicted octanol–water partition coefficient (Wildman–Crippen LogP) is 11.4. The lowest BCUT2D eigenvalue weighted by Gasteiger charge is -2.24. The smallest absolute Gasteiger partial charge is 0.160 e. The Bertz CT molecular complexity index is 2450. The van der Waals surface area contributed by atoms with E-state index < -0.39 is 0 Å². The number of furan rings is 1. The summed E-state index contributed by atoms with van der Waals surface area (Å²) >= 11 is 0. The van der Waals surface area contributed by atoms with Gasteiger partial charge in [0.25, 0.3) is 0 Å². The molecule has 218 valence electrons. The number of rotatable bonds is 4. The third kappa shape index (κ3) is 4.05. The molecule has 0 amide bonds. The SMILES string of the molecule is CC1(C)c2ccccc2-c2cccc(-c3nc(-c4ccccc4)cc(-c4cccc(-c5cccc6c5oc5ccccc56)c4)n3)c21. The highest BCUT2D eigenvalue weighted by molar-refractivity contribution is 6.09. The molecule has 9 rings (SSSR count). The Labute approximate surface area is 267 Å². The average Bonchev–Trinajstić information content (AvgIpc) is 3.61. The van der Waals surface area contributed by atoms with Crippen molar-refractivity contribution in [3.63, 3.8) is 0 Å². The van der Waals surface area contributed by atoms with E-state index in [0.717, 1.165) is 67.0 Å². The van der Waals surface area contributed by atoms with Crippen LogP contribution in [0.2, 0.25) is 0 Å². The summed E-state index contributed by atoms with van der Waals surface area (Å²) in [5, 5.41) is 2.25. The van der Waals surface area contributed by atoms with Gasteiger partial charge in [-0.05, 0) is 46.0 Å². The maximum Gasteiger partial charge on any atom is 0.160 e. The van der Waals surface area contributed by atoms with E-state index >= 15 is 0 Å². The number of fused-ring (bicyclic) bond motifs is 6. The van der Waals surface area contributed by atoms with Crippen LogP contribution in [0.3, 0.4) is 0 Å². The molecule has 0 spiro atoms. The topological polar surface area (TPSA) is 38.9 Å². The molecule has 0 saturated heterocycles. The van der Waals surface area contributed by atoms with Gasteiger partial charge in [-0.2, -0.15) is 0 Å². The van der Waals surface area contributed by atoms with Gasteiger partial charge >= 0.3 is 0 Å². The molecule has 1 aliphatic rings. The standard InChI is InChI=1S/C43H30N2O/c1-43(2)36-23-8-6-17-31(36)33-20-12-22-35(40(33)43)42-44-37(27-13-4-3-5-14-27)26-38(45-42)29-16-10-15-28(25-29)30-19-11-21-34-32-18-7-9-24-39(32)46-41(30)34/h3-26H,1-2H3. The highest BCUT2D eigenvalue weighted by Gasteiger charge is 2.37. The van der Waals surface area contributed by atoms with Crippen LogP contribution >= 0.6 is 0 Å². The number of aromatic nitrogens is 2. The number of para-hydroxylation sites is 2. The van der Waals surface area contributed by atoms with Crippen LogP contribution in [0.5, 0.6) is 0 Å². The van der Waals surface area contributed by atoms with Crippen molar-refractivity contribution in [3.05, 3.63) is 157 Å². The van der Waals surface area contributed by atoms with E-state index in [1.807, 2.05) is 18.2 Å². The predicted molar refractivity (Wildman–Crippen MR) is 189 cm³/mol. The van der Waals surface area contributed by atoms with Crippen molar-refractivity contribution >= 4 is 21.9 Å². The van der Waals surface area contributed by atoms with Gasteiger partial charge in [-0.3, -0.25) is 0 Å². The van der Waals surface area contributed by atoms with Gasteiger partial charge in [-0.15, -0.1) is 0 Å². The van der Waals surface area contributed by atoms with Gasteiger partial charge in [0.1, 0.15) is 11.2 Å². The minimum Gasteiger partial charge on any atom is -0.455 e. The summed E-state index contributed by atoms with van der Waals surface area (Å²) in [5.74, 6) is 0.735. The Hall–Kier alpha value is -5.80. The van der Waals surface area contributed by atoms with Gasteiger partial charge in [0.05, 0.1) is 11.4 Å². The quantitative estimate of drug-likeness (QED) is 0.205. The number of benzene rings is 6. The number of hydrogen-bond acceptors (Lipinski definition) is 3. The van der Waals surface area contributed by atoms with Crippen molar-refractivity contribution < 1.29 is 4.42 Å². The molecule has 0 N–H and O–H groups in total. The third-order valence-electron chi connectivity index (χ3n) is 9.49. The van der Waals surface area contributed by atoms with Crippen LogP contribution in [-0.4, -0.2) is 9.97 Å².